The van der Waals surface area contributed by atoms with Gasteiger partial charge in [-0.1, -0.05) is 23.2 Å². The van der Waals surface area contributed by atoms with E-state index >= 15 is 0 Å². The highest BCUT2D eigenvalue weighted by Crippen LogP contribution is 2.03. The monoisotopic (exact) mass is 292 g/mol. The Morgan fingerprint density at radius 1 is 0.824 bits per heavy atom. The molecule has 106 valence electrons. The van der Waals surface area contributed by atoms with Crippen LogP contribution in [0, 0.1) is 0 Å². The van der Waals surface area contributed by atoms with E-state index in [9.17, 15) is 0 Å². The normalized spacial score (nSPS) is 13.8. The summed E-state index contributed by atoms with van der Waals surface area (Å²) in [6.07, 6.45) is 0. The molecule has 0 aromatic rings. The number of hydrogen-bond donors (Lipinski definition) is 2. The van der Waals surface area contributed by atoms with Crippen molar-refractivity contribution in [1.29, 1.82) is 0 Å². The first-order valence-electron chi connectivity index (χ1n) is 5.35. The van der Waals surface area contributed by atoms with Crippen LogP contribution in [0.1, 0.15) is 13.8 Å². The zero-order valence-electron chi connectivity index (χ0n) is 10.3. The minimum Gasteiger partial charge on any atom is -0.394 e. The molecule has 2 atom stereocenters. The number of aliphatic hydroxyl groups is 2. The minimum absolute atomic E-state index is 0.0417. The second-order valence-corrected chi connectivity index (χ2v) is 4.12. The van der Waals surface area contributed by atoms with Gasteiger partial charge in [-0.25, -0.2) is 0 Å². The van der Waals surface area contributed by atoms with Gasteiger partial charge in [-0.3, -0.25) is 0 Å². The van der Waals surface area contributed by atoms with Gasteiger partial charge in [0.15, 0.2) is 0 Å². The van der Waals surface area contributed by atoms with E-state index in [2.05, 4.69) is 0 Å². The molecule has 0 saturated heterocycles. The molecule has 0 saturated carbocycles. The number of ether oxygens (including phenoxy) is 3. The van der Waals surface area contributed by atoms with E-state index in [-0.39, 0.29) is 24.3 Å². The van der Waals surface area contributed by atoms with Crippen LogP contribution in [-0.2, 0) is 14.2 Å². The SMILES string of the molecule is CC(Cl)OC(C)Cl.OCCOCCOCCO. The standard InChI is InChI=1S/C6H14O4.C4H8Cl2O/c7-1-3-9-5-6-10-4-2-8;1-3(5)7-4(2)6/h7-8H,1-6H2;3-4H,1-2H3. The molecular formula is C10H22Cl2O5. The smallest absolute Gasteiger partial charge is 0.130 e. The Kier molecular flexibility index (Phi) is 19.0. The highest BCUT2D eigenvalue weighted by molar-refractivity contribution is 6.21. The third kappa shape index (κ3) is 26.2. The predicted octanol–water partition coefficient (Wildman–Crippen LogP) is 1.18. The van der Waals surface area contributed by atoms with Gasteiger partial charge in [0.25, 0.3) is 0 Å². The molecule has 0 radical (unpaired) electrons. The molecule has 17 heavy (non-hydrogen) atoms. The maximum atomic E-state index is 8.26. The molecule has 2 N–H and O–H groups in total. The lowest BCUT2D eigenvalue weighted by Crippen LogP contribution is -2.09. The van der Waals surface area contributed by atoms with E-state index in [1.807, 2.05) is 0 Å². The minimum atomic E-state index is -0.285. The Bertz CT molecular complexity index is 122. The Morgan fingerprint density at radius 2 is 1.18 bits per heavy atom. The number of halogens is 2. The maximum Gasteiger partial charge on any atom is 0.130 e. The van der Waals surface area contributed by atoms with Crippen molar-refractivity contribution >= 4 is 23.2 Å². The fourth-order valence-electron chi connectivity index (χ4n) is 0.709. The second kappa shape index (κ2) is 16.4. The lowest BCUT2D eigenvalue weighted by atomic mass is 10.7. The van der Waals surface area contributed by atoms with E-state index in [0.717, 1.165) is 0 Å². The molecule has 0 spiro atoms. The van der Waals surface area contributed by atoms with Crippen molar-refractivity contribution in [2.75, 3.05) is 39.6 Å². The van der Waals surface area contributed by atoms with Crippen molar-refractivity contribution in [3.8, 4) is 0 Å². The molecule has 0 aliphatic rings. The van der Waals surface area contributed by atoms with E-state index < -0.39 is 0 Å². The van der Waals surface area contributed by atoms with Crippen LogP contribution in [0.25, 0.3) is 0 Å². The number of aliphatic hydroxyl groups excluding tert-OH is 2. The Labute approximate surface area is 113 Å². The average molecular weight is 293 g/mol. The van der Waals surface area contributed by atoms with Gasteiger partial charge in [-0.15, -0.1) is 0 Å². The van der Waals surface area contributed by atoms with E-state index in [4.69, 9.17) is 47.6 Å². The predicted molar refractivity (Wildman–Crippen MR) is 67.5 cm³/mol. The summed E-state index contributed by atoms with van der Waals surface area (Å²) >= 11 is 10.7. The molecule has 5 nitrogen and oxygen atoms in total. The molecule has 0 heterocycles. The quantitative estimate of drug-likeness (QED) is 0.493. The van der Waals surface area contributed by atoms with Gasteiger partial charge in [0.2, 0.25) is 0 Å². The van der Waals surface area contributed by atoms with Gasteiger partial charge < -0.3 is 24.4 Å². The molecule has 0 amide bonds. The van der Waals surface area contributed by atoms with Crippen molar-refractivity contribution in [1.82, 2.24) is 0 Å². The fraction of sp³-hybridized carbons (Fsp3) is 1.00. The molecule has 0 aliphatic carbocycles. The lowest BCUT2D eigenvalue weighted by molar-refractivity contribution is 0.0222. The molecule has 0 aliphatic heterocycles. The maximum absolute atomic E-state index is 8.26. The van der Waals surface area contributed by atoms with Crippen LogP contribution in [0.2, 0.25) is 0 Å². The van der Waals surface area contributed by atoms with Crippen LogP contribution >= 0.6 is 23.2 Å². The summed E-state index contributed by atoms with van der Waals surface area (Å²) in [7, 11) is 0. The van der Waals surface area contributed by atoms with Crippen LogP contribution in [0.4, 0.5) is 0 Å². The van der Waals surface area contributed by atoms with Gasteiger partial charge in [-0.2, -0.15) is 0 Å². The summed E-state index contributed by atoms with van der Waals surface area (Å²) in [5, 5.41) is 16.5. The van der Waals surface area contributed by atoms with Gasteiger partial charge in [0, 0.05) is 0 Å². The van der Waals surface area contributed by atoms with Crippen LogP contribution in [-0.4, -0.2) is 61.0 Å². The van der Waals surface area contributed by atoms with Crippen LogP contribution in [0.15, 0.2) is 0 Å². The summed E-state index contributed by atoms with van der Waals surface area (Å²) in [6, 6.07) is 0. The molecule has 0 rings (SSSR count). The topological polar surface area (TPSA) is 68.2 Å². The number of alkyl halides is 2. The molecular weight excluding hydrogens is 271 g/mol. The Hall–Kier alpha value is 0.380. The lowest BCUT2D eigenvalue weighted by Gasteiger charge is -2.05. The summed E-state index contributed by atoms with van der Waals surface area (Å²) in [4.78, 5) is 0. The largest absolute Gasteiger partial charge is 0.394 e. The van der Waals surface area contributed by atoms with Gasteiger partial charge in [-0.05, 0) is 13.8 Å². The first-order chi connectivity index (χ1) is 8.04. The van der Waals surface area contributed by atoms with Gasteiger partial charge >= 0.3 is 0 Å². The zero-order valence-corrected chi connectivity index (χ0v) is 11.8. The van der Waals surface area contributed by atoms with E-state index in [1.165, 1.54) is 0 Å². The molecule has 0 aromatic carbocycles. The zero-order chi connectivity index (χ0) is 13.5. The van der Waals surface area contributed by atoms with Crippen molar-refractivity contribution < 1.29 is 24.4 Å². The van der Waals surface area contributed by atoms with E-state index in [1.54, 1.807) is 13.8 Å². The molecule has 0 aromatic heterocycles. The Morgan fingerprint density at radius 3 is 1.35 bits per heavy atom. The summed E-state index contributed by atoms with van der Waals surface area (Å²) < 4.78 is 14.5. The average Bonchev–Trinajstić information content (AvgIpc) is 2.22. The van der Waals surface area contributed by atoms with Crippen LogP contribution in [0.3, 0.4) is 0 Å². The number of hydrogen-bond acceptors (Lipinski definition) is 5. The fourth-order valence-corrected chi connectivity index (χ4v) is 1.07. The molecule has 0 bridgehead atoms. The first-order valence-corrected chi connectivity index (χ1v) is 6.22. The summed E-state index contributed by atoms with van der Waals surface area (Å²) in [6.45, 7) is 5.17. The molecule has 0 fully saturated rings. The third-order valence-electron chi connectivity index (χ3n) is 1.22. The van der Waals surface area contributed by atoms with Gasteiger partial charge in [0.1, 0.15) is 11.1 Å². The number of rotatable bonds is 9. The van der Waals surface area contributed by atoms with Crippen molar-refractivity contribution in [3.63, 3.8) is 0 Å². The first kappa shape index (κ1) is 19.7. The second-order valence-electron chi connectivity index (χ2n) is 2.89. The summed E-state index contributed by atoms with van der Waals surface area (Å²) in [5.41, 5.74) is -0.569. The molecule has 7 heteroatoms. The Balaban J connectivity index is 0. The third-order valence-corrected chi connectivity index (χ3v) is 1.42. The highest BCUT2D eigenvalue weighted by Gasteiger charge is 1.98. The van der Waals surface area contributed by atoms with Gasteiger partial charge in [0.05, 0.1) is 39.6 Å². The van der Waals surface area contributed by atoms with Crippen molar-refractivity contribution in [3.05, 3.63) is 0 Å². The highest BCUT2D eigenvalue weighted by atomic mass is 35.5. The molecule has 2 unspecified atom stereocenters. The summed E-state index contributed by atoms with van der Waals surface area (Å²) in [5.74, 6) is 0. The van der Waals surface area contributed by atoms with Crippen molar-refractivity contribution in [2.24, 2.45) is 0 Å². The van der Waals surface area contributed by atoms with Crippen molar-refractivity contribution in [2.45, 2.75) is 25.0 Å². The van der Waals surface area contributed by atoms with Crippen LogP contribution in [0.5, 0.6) is 0 Å². The van der Waals surface area contributed by atoms with E-state index in [0.29, 0.717) is 26.4 Å². The van der Waals surface area contributed by atoms with Crippen LogP contribution < -0.4 is 0 Å².